The number of hydrogen-bond acceptors (Lipinski definition) is 4. The van der Waals surface area contributed by atoms with Gasteiger partial charge in [-0.2, -0.15) is 5.26 Å². The molecule has 1 aromatic heterocycles. The van der Waals surface area contributed by atoms with Gasteiger partial charge in [0.05, 0.1) is 11.6 Å². The van der Waals surface area contributed by atoms with Crippen molar-refractivity contribution < 1.29 is 4.79 Å². The molecular formula is C18H13N3OS. The molecule has 23 heavy (non-hydrogen) atoms. The zero-order valence-electron chi connectivity index (χ0n) is 12.4. The van der Waals surface area contributed by atoms with E-state index in [0.29, 0.717) is 16.9 Å². The van der Waals surface area contributed by atoms with Gasteiger partial charge in [0, 0.05) is 16.6 Å². The lowest BCUT2D eigenvalue weighted by atomic mass is 10.2. The first-order valence-electron chi connectivity index (χ1n) is 7.00. The second kappa shape index (κ2) is 6.42. The molecule has 1 N–H and O–H groups in total. The summed E-state index contributed by atoms with van der Waals surface area (Å²) in [5, 5.41) is 14.2. The molecule has 4 nitrogen and oxygen atoms in total. The first-order valence-corrected chi connectivity index (χ1v) is 7.88. The molecular weight excluding hydrogens is 306 g/mol. The summed E-state index contributed by atoms with van der Waals surface area (Å²) in [5.74, 6) is -0.283. The molecule has 0 aliphatic rings. The van der Waals surface area contributed by atoms with Gasteiger partial charge in [0.25, 0.3) is 5.91 Å². The molecule has 0 radical (unpaired) electrons. The van der Waals surface area contributed by atoms with Gasteiger partial charge in [-0.15, -0.1) is 11.3 Å². The Labute approximate surface area is 138 Å². The monoisotopic (exact) mass is 319 g/mol. The zero-order chi connectivity index (χ0) is 16.2. The molecule has 112 valence electrons. The summed E-state index contributed by atoms with van der Waals surface area (Å²) >= 11 is 1.43. The topological polar surface area (TPSA) is 65.8 Å². The van der Waals surface area contributed by atoms with Gasteiger partial charge in [-0.05, 0) is 25.1 Å². The number of carbonyl (C=O) groups is 1. The number of carbonyl (C=O) groups excluding carboxylic acids is 1. The minimum absolute atomic E-state index is 0.283. The Morgan fingerprint density at radius 2 is 2.00 bits per heavy atom. The smallest absolute Gasteiger partial charge is 0.275 e. The Kier molecular flexibility index (Phi) is 4.18. The maximum atomic E-state index is 12.3. The minimum atomic E-state index is -0.283. The van der Waals surface area contributed by atoms with E-state index in [1.165, 1.54) is 16.9 Å². The fourth-order valence-electron chi connectivity index (χ4n) is 2.07. The number of nitrogens with zero attached hydrogens (tertiary/aromatic N) is 2. The van der Waals surface area contributed by atoms with Crippen LogP contribution in [0, 0.1) is 18.3 Å². The highest BCUT2D eigenvalue weighted by molar-refractivity contribution is 7.13. The Hall–Kier alpha value is -2.97. The van der Waals surface area contributed by atoms with Crippen LogP contribution < -0.4 is 5.32 Å². The second-order valence-electron chi connectivity index (χ2n) is 5.05. The van der Waals surface area contributed by atoms with Crippen LogP contribution in [0.5, 0.6) is 0 Å². The molecule has 1 heterocycles. The summed E-state index contributed by atoms with van der Waals surface area (Å²) in [7, 11) is 0. The number of anilines is 1. The summed E-state index contributed by atoms with van der Waals surface area (Å²) in [5.41, 5.74) is 3.63. The fourth-order valence-corrected chi connectivity index (χ4v) is 2.87. The molecule has 5 heteroatoms. The van der Waals surface area contributed by atoms with Gasteiger partial charge in [-0.1, -0.05) is 35.9 Å². The third kappa shape index (κ3) is 3.44. The van der Waals surface area contributed by atoms with E-state index in [1.807, 2.05) is 37.3 Å². The van der Waals surface area contributed by atoms with Crippen molar-refractivity contribution in [1.82, 2.24) is 4.98 Å². The van der Waals surface area contributed by atoms with Crippen molar-refractivity contribution in [1.29, 1.82) is 5.26 Å². The quantitative estimate of drug-likeness (QED) is 0.785. The van der Waals surface area contributed by atoms with E-state index in [2.05, 4.69) is 10.3 Å². The third-order valence-corrected chi connectivity index (χ3v) is 4.18. The molecule has 0 aliphatic carbocycles. The van der Waals surface area contributed by atoms with Gasteiger partial charge < -0.3 is 5.32 Å². The number of thiazole rings is 1. The number of aromatic nitrogens is 1. The average molecular weight is 319 g/mol. The van der Waals surface area contributed by atoms with Crippen LogP contribution in [0.15, 0.2) is 53.9 Å². The van der Waals surface area contributed by atoms with Crippen LogP contribution in [0.1, 0.15) is 21.6 Å². The van der Waals surface area contributed by atoms with Gasteiger partial charge in [-0.25, -0.2) is 4.98 Å². The number of nitrogens with one attached hydrogen (secondary N) is 1. The molecule has 3 rings (SSSR count). The van der Waals surface area contributed by atoms with E-state index < -0.39 is 0 Å². The number of aryl methyl sites for hydroxylation is 1. The average Bonchev–Trinajstić information content (AvgIpc) is 3.06. The summed E-state index contributed by atoms with van der Waals surface area (Å²) in [6.45, 7) is 2.03. The van der Waals surface area contributed by atoms with Crippen LogP contribution in [0.4, 0.5) is 5.69 Å². The van der Waals surface area contributed by atoms with Gasteiger partial charge in [-0.3, -0.25) is 4.79 Å². The first-order chi connectivity index (χ1) is 11.2. The lowest BCUT2D eigenvalue weighted by molar-refractivity contribution is 0.102. The van der Waals surface area contributed by atoms with Gasteiger partial charge in [0.2, 0.25) is 0 Å². The van der Waals surface area contributed by atoms with Crippen LogP contribution in [-0.4, -0.2) is 10.9 Å². The van der Waals surface area contributed by atoms with E-state index in [9.17, 15) is 4.79 Å². The van der Waals surface area contributed by atoms with E-state index >= 15 is 0 Å². The number of rotatable bonds is 3. The molecule has 0 spiro atoms. The van der Waals surface area contributed by atoms with Crippen LogP contribution in [0.25, 0.3) is 10.6 Å². The van der Waals surface area contributed by atoms with Crippen molar-refractivity contribution in [3.05, 3.63) is 70.7 Å². The molecule has 0 aliphatic heterocycles. The lowest BCUT2D eigenvalue weighted by Gasteiger charge is -2.03. The SMILES string of the molecule is Cc1ccc(-c2nc(C(=O)Nc3cccc(C#N)c3)cs2)cc1. The molecule has 0 bridgehead atoms. The highest BCUT2D eigenvalue weighted by Crippen LogP contribution is 2.24. The summed E-state index contributed by atoms with van der Waals surface area (Å²) in [6.07, 6.45) is 0. The predicted molar refractivity (Wildman–Crippen MR) is 91.4 cm³/mol. The lowest BCUT2D eigenvalue weighted by Crippen LogP contribution is -2.12. The molecule has 0 atom stereocenters. The number of nitriles is 1. The third-order valence-electron chi connectivity index (χ3n) is 3.28. The standard InChI is InChI=1S/C18H13N3OS/c1-12-5-7-14(8-6-12)18-21-16(11-23-18)17(22)20-15-4-2-3-13(9-15)10-19/h2-9,11H,1H3,(H,20,22). The fraction of sp³-hybridized carbons (Fsp3) is 0.0556. The summed E-state index contributed by atoms with van der Waals surface area (Å²) < 4.78 is 0. The second-order valence-corrected chi connectivity index (χ2v) is 5.91. The van der Waals surface area contributed by atoms with E-state index in [1.54, 1.807) is 29.6 Å². The summed E-state index contributed by atoms with van der Waals surface area (Å²) in [6, 6.07) is 16.9. The molecule has 0 fully saturated rings. The highest BCUT2D eigenvalue weighted by atomic mass is 32.1. The predicted octanol–water partition coefficient (Wildman–Crippen LogP) is 4.24. The zero-order valence-corrected chi connectivity index (χ0v) is 13.2. The molecule has 2 aromatic carbocycles. The van der Waals surface area contributed by atoms with Crippen LogP contribution >= 0.6 is 11.3 Å². The molecule has 0 saturated carbocycles. The normalized spacial score (nSPS) is 10.1. The Bertz CT molecular complexity index is 891. The first kappa shape index (κ1) is 14.9. The van der Waals surface area contributed by atoms with Crippen LogP contribution in [0.2, 0.25) is 0 Å². The van der Waals surface area contributed by atoms with Crippen molar-refractivity contribution in [2.75, 3.05) is 5.32 Å². The number of hydrogen-bond donors (Lipinski definition) is 1. The molecule has 0 unspecified atom stereocenters. The van der Waals surface area contributed by atoms with Gasteiger partial charge in [0.1, 0.15) is 10.7 Å². The minimum Gasteiger partial charge on any atom is -0.321 e. The van der Waals surface area contributed by atoms with Gasteiger partial charge >= 0.3 is 0 Å². The molecule has 3 aromatic rings. The number of amides is 1. The maximum Gasteiger partial charge on any atom is 0.275 e. The van der Waals surface area contributed by atoms with Crippen molar-refractivity contribution in [3.63, 3.8) is 0 Å². The highest BCUT2D eigenvalue weighted by Gasteiger charge is 2.12. The molecule has 0 saturated heterocycles. The summed E-state index contributed by atoms with van der Waals surface area (Å²) in [4.78, 5) is 16.7. The van der Waals surface area contributed by atoms with Crippen molar-refractivity contribution in [3.8, 4) is 16.6 Å². The van der Waals surface area contributed by atoms with E-state index in [4.69, 9.17) is 5.26 Å². The van der Waals surface area contributed by atoms with Crippen molar-refractivity contribution in [2.24, 2.45) is 0 Å². The van der Waals surface area contributed by atoms with Gasteiger partial charge in [0.15, 0.2) is 0 Å². The Morgan fingerprint density at radius 1 is 1.22 bits per heavy atom. The van der Waals surface area contributed by atoms with Crippen molar-refractivity contribution in [2.45, 2.75) is 6.92 Å². The molecule has 1 amide bonds. The number of benzene rings is 2. The van der Waals surface area contributed by atoms with E-state index in [-0.39, 0.29) is 5.91 Å². The Morgan fingerprint density at radius 3 is 2.74 bits per heavy atom. The van der Waals surface area contributed by atoms with E-state index in [0.717, 1.165) is 10.6 Å². The van der Waals surface area contributed by atoms with Crippen LogP contribution in [0.3, 0.4) is 0 Å². The van der Waals surface area contributed by atoms with Crippen molar-refractivity contribution >= 4 is 22.9 Å². The maximum absolute atomic E-state index is 12.3. The largest absolute Gasteiger partial charge is 0.321 e. The van der Waals surface area contributed by atoms with Crippen LogP contribution in [-0.2, 0) is 0 Å². The Balaban J connectivity index is 1.78.